The highest BCUT2D eigenvalue weighted by atomic mass is 32.2. The van der Waals surface area contributed by atoms with Gasteiger partial charge in [0.1, 0.15) is 11.5 Å². The summed E-state index contributed by atoms with van der Waals surface area (Å²) in [6, 6.07) is 3.48. The maximum absolute atomic E-state index is 12.7. The van der Waals surface area contributed by atoms with Crippen LogP contribution >= 0.6 is 0 Å². The van der Waals surface area contributed by atoms with Crippen LogP contribution in [-0.4, -0.2) is 57.5 Å². The molecule has 1 aliphatic rings. The number of aryl methyl sites for hydroxylation is 1. The van der Waals surface area contributed by atoms with Crippen molar-refractivity contribution in [3.05, 3.63) is 24.7 Å². The molecule has 3 rings (SSSR count). The minimum absolute atomic E-state index is 0.0623. The first-order valence-electron chi connectivity index (χ1n) is 9.21. The molecular weight excluding hydrogens is 384 g/mol. The van der Waals surface area contributed by atoms with E-state index < -0.39 is 10.0 Å². The van der Waals surface area contributed by atoms with Gasteiger partial charge in [0.05, 0.1) is 44.1 Å². The Morgan fingerprint density at radius 2 is 1.82 bits per heavy atom. The molecule has 1 N–H and O–H groups in total. The average Bonchev–Trinajstić information content (AvgIpc) is 3.12. The Kier molecular flexibility index (Phi) is 6.30. The van der Waals surface area contributed by atoms with Gasteiger partial charge >= 0.3 is 0 Å². The lowest BCUT2D eigenvalue weighted by molar-refractivity contribution is 0.122. The lowest BCUT2D eigenvalue weighted by Crippen LogP contribution is -2.36. The maximum atomic E-state index is 12.7. The molecule has 154 valence electrons. The Bertz CT molecular complexity index is 907. The predicted octanol–water partition coefficient (Wildman–Crippen LogP) is 1.85. The van der Waals surface area contributed by atoms with Gasteiger partial charge in [-0.2, -0.15) is 8.42 Å². The Hall–Kier alpha value is -2.46. The van der Waals surface area contributed by atoms with Gasteiger partial charge < -0.3 is 23.7 Å². The standard InChI is InChI=1S/C18H26N4O5S/c1-4-26-16-11-15(22-6-8-25-9-7-22)17(27-5-2)10-14(16)20-28(23,24)18-12-21(3)13-19-18/h10-13,20H,4-9H2,1-3H3. The fourth-order valence-corrected chi connectivity index (χ4v) is 4.00. The van der Waals surface area contributed by atoms with E-state index in [4.69, 9.17) is 14.2 Å². The summed E-state index contributed by atoms with van der Waals surface area (Å²) >= 11 is 0. The molecule has 28 heavy (non-hydrogen) atoms. The Morgan fingerprint density at radius 1 is 1.14 bits per heavy atom. The van der Waals surface area contributed by atoms with E-state index in [0.29, 0.717) is 43.6 Å². The molecule has 0 aliphatic carbocycles. The second-order valence-corrected chi connectivity index (χ2v) is 7.89. The number of anilines is 2. The average molecular weight is 410 g/mol. The van der Waals surface area contributed by atoms with Crippen LogP contribution in [0.25, 0.3) is 0 Å². The van der Waals surface area contributed by atoms with E-state index >= 15 is 0 Å². The van der Waals surface area contributed by atoms with Crippen molar-refractivity contribution in [2.45, 2.75) is 18.9 Å². The second-order valence-electron chi connectivity index (χ2n) is 6.26. The van der Waals surface area contributed by atoms with E-state index in [-0.39, 0.29) is 5.03 Å². The molecule has 0 unspecified atom stereocenters. The highest BCUT2D eigenvalue weighted by Gasteiger charge is 2.23. The van der Waals surface area contributed by atoms with Crippen molar-refractivity contribution in [1.29, 1.82) is 0 Å². The summed E-state index contributed by atoms with van der Waals surface area (Å²) in [4.78, 5) is 6.07. The zero-order valence-electron chi connectivity index (χ0n) is 16.3. The molecule has 1 aromatic heterocycles. The van der Waals surface area contributed by atoms with Crippen LogP contribution in [0.3, 0.4) is 0 Å². The topological polar surface area (TPSA) is 94.9 Å². The predicted molar refractivity (Wildman–Crippen MR) is 106 cm³/mol. The molecule has 0 amide bonds. The van der Waals surface area contributed by atoms with Gasteiger partial charge in [0.25, 0.3) is 10.0 Å². The Balaban J connectivity index is 2.00. The fourth-order valence-electron chi connectivity index (χ4n) is 2.95. The van der Waals surface area contributed by atoms with Crippen LogP contribution in [0.4, 0.5) is 11.4 Å². The van der Waals surface area contributed by atoms with Crippen molar-refractivity contribution in [2.75, 3.05) is 49.1 Å². The van der Waals surface area contributed by atoms with Gasteiger partial charge in [-0.25, -0.2) is 4.98 Å². The minimum atomic E-state index is -3.85. The summed E-state index contributed by atoms with van der Waals surface area (Å²) in [6.45, 7) is 7.30. The van der Waals surface area contributed by atoms with Crippen molar-refractivity contribution >= 4 is 21.4 Å². The fraction of sp³-hybridized carbons (Fsp3) is 0.500. The third-order valence-corrected chi connectivity index (χ3v) is 5.46. The van der Waals surface area contributed by atoms with Crippen LogP contribution in [0, 0.1) is 0 Å². The highest BCUT2D eigenvalue weighted by molar-refractivity contribution is 7.92. The molecule has 1 saturated heterocycles. The van der Waals surface area contributed by atoms with Crippen LogP contribution in [-0.2, 0) is 21.8 Å². The van der Waals surface area contributed by atoms with E-state index in [1.54, 1.807) is 17.7 Å². The minimum Gasteiger partial charge on any atom is -0.492 e. The van der Waals surface area contributed by atoms with Crippen LogP contribution in [0.15, 0.2) is 29.7 Å². The number of morpholine rings is 1. The van der Waals surface area contributed by atoms with E-state index in [2.05, 4.69) is 14.6 Å². The molecule has 9 nitrogen and oxygen atoms in total. The number of hydrogen-bond acceptors (Lipinski definition) is 7. The van der Waals surface area contributed by atoms with Crippen LogP contribution in [0.1, 0.15) is 13.8 Å². The van der Waals surface area contributed by atoms with Gasteiger partial charge in [0.15, 0.2) is 5.03 Å². The molecule has 1 fully saturated rings. The summed E-state index contributed by atoms with van der Waals surface area (Å²) in [5.74, 6) is 1.03. The normalized spacial score (nSPS) is 14.8. The van der Waals surface area contributed by atoms with Crippen molar-refractivity contribution in [1.82, 2.24) is 9.55 Å². The van der Waals surface area contributed by atoms with Gasteiger partial charge in [0.2, 0.25) is 0 Å². The summed E-state index contributed by atoms with van der Waals surface area (Å²) in [5.41, 5.74) is 1.17. The van der Waals surface area contributed by atoms with Crippen molar-refractivity contribution in [3.63, 3.8) is 0 Å². The van der Waals surface area contributed by atoms with Crippen LogP contribution in [0.5, 0.6) is 11.5 Å². The number of hydrogen-bond donors (Lipinski definition) is 1. The summed E-state index contributed by atoms with van der Waals surface area (Å²) < 4.78 is 46.5. The number of nitrogens with one attached hydrogen (secondary N) is 1. The van der Waals surface area contributed by atoms with Crippen molar-refractivity contribution < 1.29 is 22.6 Å². The van der Waals surface area contributed by atoms with E-state index in [1.807, 2.05) is 19.9 Å². The van der Waals surface area contributed by atoms with E-state index in [1.165, 1.54) is 12.5 Å². The molecule has 1 aliphatic heterocycles. The SMILES string of the molecule is CCOc1cc(N2CCOCC2)c(OCC)cc1NS(=O)(=O)c1cn(C)cn1. The Morgan fingerprint density at radius 3 is 2.43 bits per heavy atom. The number of sulfonamides is 1. The van der Waals surface area contributed by atoms with Gasteiger partial charge in [0, 0.05) is 38.5 Å². The number of benzene rings is 1. The van der Waals surface area contributed by atoms with Gasteiger partial charge in [-0.1, -0.05) is 0 Å². The monoisotopic (exact) mass is 410 g/mol. The summed E-state index contributed by atoms with van der Waals surface area (Å²) in [5, 5.41) is -0.0623. The third-order valence-electron chi connectivity index (χ3n) is 4.21. The number of ether oxygens (including phenoxy) is 3. The summed E-state index contributed by atoms with van der Waals surface area (Å²) in [7, 11) is -2.14. The van der Waals surface area contributed by atoms with E-state index in [9.17, 15) is 8.42 Å². The van der Waals surface area contributed by atoms with Crippen molar-refractivity contribution in [3.8, 4) is 11.5 Å². The first-order valence-corrected chi connectivity index (χ1v) is 10.7. The number of nitrogens with zero attached hydrogens (tertiary/aromatic N) is 3. The van der Waals surface area contributed by atoms with Gasteiger partial charge in [-0.15, -0.1) is 0 Å². The lowest BCUT2D eigenvalue weighted by Gasteiger charge is -2.31. The quantitative estimate of drug-likeness (QED) is 0.710. The molecule has 1 aromatic carbocycles. The van der Waals surface area contributed by atoms with Crippen molar-refractivity contribution in [2.24, 2.45) is 7.05 Å². The lowest BCUT2D eigenvalue weighted by atomic mass is 10.2. The van der Waals surface area contributed by atoms with Crippen LogP contribution < -0.4 is 19.1 Å². The van der Waals surface area contributed by atoms with Gasteiger partial charge in [-0.3, -0.25) is 4.72 Å². The molecule has 0 spiro atoms. The van der Waals surface area contributed by atoms with Crippen LogP contribution in [0.2, 0.25) is 0 Å². The summed E-state index contributed by atoms with van der Waals surface area (Å²) in [6.07, 6.45) is 2.87. The third kappa shape index (κ3) is 4.50. The highest BCUT2D eigenvalue weighted by Crippen LogP contribution is 2.40. The second kappa shape index (κ2) is 8.70. The number of rotatable bonds is 8. The molecule has 10 heteroatoms. The number of imidazole rings is 1. The first-order chi connectivity index (χ1) is 13.4. The zero-order valence-corrected chi connectivity index (χ0v) is 17.2. The smallest absolute Gasteiger partial charge is 0.281 e. The molecule has 0 radical (unpaired) electrons. The molecular formula is C18H26N4O5S. The molecule has 2 heterocycles. The molecule has 0 bridgehead atoms. The molecule has 0 saturated carbocycles. The first kappa shape index (κ1) is 20.3. The van der Waals surface area contributed by atoms with Gasteiger partial charge in [-0.05, 0) is 13.8 Å². The number of aromatic nitrogens is 2. The Labute approximate surface area is 165 Å². The largest absolute Gasteiger partial charge is 0.492 e. The molecule has 0 atom stereocenters. The zero-order chi connectivity index (χ0) is 20.1. The van der Waals surface area contributed by atoms with E-state index in [0.717, 1.165) is 18.8 Å². The maximum Gasteiger partial charge on any atom is 0.281 e. The molecule has 2 aromatic rings.